The van der Waals surface area contributed by atoms with E-state index in [4.69, 9.17) is 11.1 Å². The van der Waals surface area contributed by atoms with Gasteiger partial charge in [-0.25, -0.2) is 0 Å². The highest BCUT2D eigenvalue weighted by Crippen LogP contribution is 2.26. The molecule has 0 spiro atoms. The molecule has 17 heavy (non-hydrogen) atoms. The molecular formula is C14H13N3. The van der Waals surface area contributed by atoms with E-state index < -0.39 is 0 Å². The minimum absolute atomic E-state index is 0.653. The number of nitrogen functional groups attached to an aromatic ring is 1. The molecule has 0 fully saturated rings. The maximum Gasteiger partial charge on any atom is 0.0461 e. The highest BCUT2D eigenvalue weighted by Gasteiger charge is 2.12. The zero-order valence-corrected chi connectivity index (χ0v) is 9.33. The zero-order valence-electron chi connectivity index (χ0n) is 9.33. The summed E-state index contributed by atoms with van der Waals surface area (Å²) in [6.45, 7) is 0. The molecule has 0 aliphatic heterocycles. The van der Waals surface area contributed by atoms with Gasteiger partial charge in [0.2, 0.25) is 0 Å². The molecule has 0 atom stereocenters. The molecule has 1 heterocycles. The van der Waals surface area contributed by atoms with Crippen molar-refractivity contribution in [3.8, 4) is 11.3 Å². The van der Waals surface area contributed by atoms with Crippen LogP contribution >= 0.6 is 0 Å². The van der Waals surface area contributed by atoms with E-state index in [1.807, 2.05) is 36.4 Å². The van der Waals surface area contributed by atoms with Gasteiger partial charge in [-0.1, -0.05) is 12.1 Å². The Labute approximate surface area is 99.5 Å². The molecule has 0 saturated heterocycles. The fourth-order valence-corrected chi connectivity index (χ4v) is 2.07. The van der Waals surface area contributed by atoms with Gasteiger partial charge in [0, 0.05) is 29.2 Å². The SMILES string of the molecule is N=C1C=Cc2[nH]c(-c3ccc(N)cc3)cc2C1. The monoisotopic (exact) mass is 223 g/mol. The van der Waals surface area contributed by atoms with Gasteiger partial charge < -0.3 is 16.1 Å². The van der Waals surface area contributed by atoms with E-state index in [2.05, 4.69) is 11.1 Å². The van der Waals surface area contributed by atoms with Crippen LogP contribution in [0.5, 0.6) is 0 Å². The Hall–Kier alpha value is -2.29. The summed E-state index contributed by atoms with van der Waals surface area (Å²) in [7, 11) is 0. The first-order chi connectivity index (χ1) is 8.22. The standard InChI is InChI=1S/C14H13N3/c15-11-3-1-9(2-4-11)14-8-10-7-12(16)5-6-13(10)17-14/h1-6,8,16-17H,7,15H2. The lowest BCUT2D eigenvalue weighted by molar-refractivity contribution is 1.25. The normalized spacial score (nSPS) is 13.8. The van der Waals surface area contributed by atoms with Crippen molar-refractivity contribution >= 4 is 17.5 Å². The number of rotatable bonds is 1. The van der Waals surface area contributed by atoms with Gasteiger partial charge in [0.15, 0.2) is 0 Å². The van der Waals surface area contributed by atoms with Crippen molar-refractivity contribution in [2.24, 2.45) is 0 Å². The molecule has 1 aliphatic carbocycles. The van der Waals surface area contributed by atoms with Crippen LogP contribution in [0.3, 0.4) is 0 Å². The van der Waals surface area contributed by atoms with Gasteiger partial charge in [-0.2, -0.15) is 0 Å². The van der Waals surface area contributed by atoms with Crippen LogP contribution in [0.1, 0.15) is 11.3 Å². The van der Waals surface area contributed by atoms with Crippen LogP contribution < -0.4 is 5.73 Å². The first-order valence-electron chi connectivity index (χ1n) is 5.56. The van der Waals surface area contributed by atoms with Crippen molar-refractivity contribution in [1.29, 1.82) is 5.41 Å². The van der Waals surface area contributed by atoms with Crippen molar-refractivity contribution in [1.82, 2.24) is 4.98 Å². The van der Waals surface area contributed by atoms with Gasteiger partial charge in [-0.05, 0) is 41.5 Å². The van der Waals surface area contributed by atoms with Crippen LogP contribution in [0, 0.1) is 5.41 Å². The fraction of sp³-hybridized carbons (Fsp3) is 0.0714. The number of allylic oxidation sites excluding steroid dienone is 1. The Kier molecular flexibility index (Phi) is 2.11. The molecule has 84 valence electrons. The molecule has 0 radical (unpaired) electrons. The van der Waals surface area contributed by atoms with Crippen LogP contribution in [-0.4, -0.2) is 10.7 Å². The molecule has 3 rings (SSSR count). The number of hydrogen-bond donors (Lipinski definition) is 3. The van der Waals surface area contributed by atoms with Gasteiger partial charge in [0.05, 0.1) is 0 Å². The topological polar surface area (TPSA) is 65.7 Å². The lowest BCUT2D eigenvalue weighted by atomic mass is 10.0. The average molecular weight is 223 g/mol. The maximum atomic E-state index is 7.64. The summed E-state index contributed by atoms with van der Waals surface area (Å²) < 4.78 is 0. The van der Waals surface area contributed by atoms with Crippen molar-refractivity contribution in [3.05, 3.63) is 47.7 Å². The second-order valence-corrected chi connectivity index (χ2v) is 4.28. The summed E-state index contributed by atoms with van der Waals surface area (Å²) in [4.78, 5) is 3.37. The number of nitrogens with two attached hydrogens (primary N) is 1. The Morgan fingerprint density at radius 2 is 1.88 bits per heavy atom. The molecule has 4 N–H and O–H groups in total. The summed E-state index contributed by atoms with van der Waals surface area (Å²) in [5, 5.41) is 7.64. The minimum atomic E-state index is 0.653. The lowest BCUT2D eigenvalue weighted by Crippen LogP contribution is -2.02. The van der Waals surface area contributed by atoms with Crippen molar-refractivity contribution in [2.75, 3.05) is 5.73 Å². The van der Waals surface area contributed by atoms with E-state index in [1.165, 1.54) is 5.56 Å². The summed E-state index contributed by atoms with van der Waals surface area (Å²) in [5.41, 5.74) is 11.6. The van der Waals surface area contributed by atoms with Gasteiger partial charge in [-0.3, -0.25) is 0 Å². The van der Waals surface area contributed by atoms with Gasteiger partial charge in [-0.15, -0.1) is 0 Å². The smallest absolute Gasteiger partial charge is 0.0461 e. The number of aromatic amines is 1. The Bertz CT molecular complexity index is 603. The van der Waals surface area contributed by atoms with E-state index in [1.54, 1.807) is 0 Å². The molecule has 1 aromatic carbocycles. The Balaban J connectivity index is 2.03. The third-order valence-electron chi connectivity index (χ3n) is 2.99. The highest BCUT2D eigenvalue weighted by molar-refractivity contribution is 6.00. The molecule has 0 saturated carbocycles. The molecule has 2 aromatic rings. The summed E-state index contributed by atoms with van der Waals surface area (Å²) >= 11 is 0. The average Bonchev–Trinajstić information content (AvgIpc) is 2.72. The molecule has 0 bridgehead atoms. The summed E-state index contributed by atoms with van der Waals surface area (Å²) in [5.74, 6) is 0. The van der Waals surface area contributed by atoms with Gasteiger partial charge >= 0.3 is 0 Å². The maximum absolute atomic E-state index is 7.64. The molecular weight excluding hydrogens is 210 g/mol. The second-order valence-electron chi connectivity index (χ2n) is 4.28. The Morgan fingerprint density at radius 3 is 2.65 bits per heavy atom. The molecule has 0 amide bonds. The Morgan fingerprint density at radius 1 is 1.12 bits per heavy atom. The largest absolute Gasteiger partial charge is 0.399 e. The van der Waals surface area contributed by atoms with E-state index in [0.29, 0.717) is 12.1 Å². The predicted molar refractivity (Wildman–Crippen MR) is 71.1 cm³/mol. The van der Waals surface area contributed by atoms with Crippen molar-refractivity contribution in [3.63, 3.8) is 0 Å². The molecule has 0 unspecified atom stereocenters. The second kappa shape index (κ2) is 3.63. The summed E-state index contributed by atoms with van der Waals surface area (Å²) in [6, 6.07) is 9.91. The predicted octanol–water partition coefficient (Wildman–Crippen LogP) is 2.85. The fourth-order valence-electron chi connectivity index (χ4n) is 2.07. The van der Waals surface area contributed by atoms with E-state index >= 15 is 0 Å². The number of hydrogen-bond acceptors (Lipinski definition) is 2. The molecule has 3 nitrogen and oxygen atoms in total. The zero-order chi connectivity index (χ0) is 11.8. The van der Waals surface area contributed by atoms with Crippen LogP contribution in [0.25, 0.3) is 17.3 Å². The first-order valence-corrected chi connectivity index (χ1v) is 5.56. The molecule has 1 aromatic heterocycles. The number of H-pyrrole nitrogens is 1. The minimum Gasteiger partial charge on any atom is -0.399 e. The van der Waals surface area contributed by atoms with E-state index in [-0.39, 0.29) is 0 Å². The van der Waals surface area contributed by atoms with Crippen LogP contribution in [-0.2, 0) is 6.42 Å². The lowest BCUT2D eigenvalue weighted by Gasteiger charge is -2.03. The van der Waals surface area contributed by atoms with Crippen LogP contribution in [0.15, 0.2) is 36.4 Å². The number of aromatic nitrogens is 1. The quantitative estimate of drug-likeness (QED) is 0.639. The number of anilines is 1. The molecule has 1 aliphatic rings. The van der Waals surface area contributed by atoms with E-state index in [9.17, 15) is 0 Å². The third-order valence-corrected chi connectivity index (χ3v) is 2.99. The van der Waals surface area contributed by atoms with Gasteiger partial charge in [0.1, 0.15) is 0 Å². The number of benzene rings is 1. The van der Waals surface area contributed by atoms with Crippen LogP contribution in [0.2, 0.25) is 0 Å². The number of fused-ring (bicyclic) bond motifs is 1. The summed E-state index contributed by atoms with van der Waals surface area (Å²) in [6.07, 6.45) is 4.50. The van der Waals surface area contributed by atoms with E-state index in [0.717, 1.165) is 22.6 Å². The highest BCUT2D eigenvalue weighted by atomic mass is 14.7. The molecule has 3 heteroatoms. The van der Waals surface area contributed by atoms with Gasteiger partial charge in [0.25, 0.3) is 0 Å². The van der Waals surface area contributed by atoms with Crippen molar-refractivity contribution in [2.45, 2.75) is 6.42 Å². The number of nitrogens with one attached hydrogen (secondary N) is 2. The van der Waals surface area contributed by atoms with Crippen molar-refractivity contribution < 1.29 is 0 Å². The van der Waals surface area contributed by atoms with Crippen LogP contribution in [0.4, 0.5) is 5.69 Å². The third kappa shape index (κ3) is 1.76. The first kappa shape index (κ1) is 9.90.